The molecule has 0 saturated carbocycles. The lowest BCUT2D eigenvalue weighted by Crippen LogP contribution is -2.41. The molecule has 0 spiro atoms. The second kappa shape index (κ2) is 8.93. The normalized spacial score (nSPS) is 17.5. The molecule has 29 heavy (non-hydrogen) atoms. The first kappa shape index (κ1) is 20.6. The second-order valence-corrected chi connectivity index (χ2v) is 7.52. The van der Waals surface area contributed by atoms with Gasteiger partial charge in [0.2, 0.25) is 11.8 Å². The Balaban J connectivity index is 1.78. The lowest BCUT2D eigenvalue weighted by molar-refractivity contribution is -0.384. The number of carbonyl (C=O) groups excluding carboxylic acids is 2. The van der Waals surface area contributed by atoms with E-state index in [2.05, 4.69) is 15.6 Å². The van der Waals surface area contributed by atoms with Crippen molar-refractivity contribution in [3.63, 3.8) is 0 Å². The number of amidine groups is 1. The Morgan fingerprint density at radius 2 is 2.17 bits per heavy atom. The zero-order chi connectivity index (χ0) is 21.0. The van der Waals surface area contributed by atoms with Gasteiger partial charge in [-0.25, -0.2) is 4.99 Å². The smallest absolute Gasteiger partial charge is 0.271 e. The average Bonchev–Trinajstić information content (AvgIpc) is 2.68. The Hall–Kier alpha value is -3.11. The number of anilines is 1. The summed E-state index contributed by atoms with van der Waals surface area (Å²) < 4.78 is 5.23. The fourth-order valence-corrected chi connectivity index (χ4v) is 3.69. The van der Waals surface area contributed by atoms with Crippen molar-refractivity contribution in [1.29, 1.82) is 0 Å². The zero-order valence-electron chi connectivity index (χ0n) is 15.0. The molecular formula is C18H15ClN4O5S. The molecule has 1 atom stereocenters. The third-order valence-corrected chi connectivity index (χ3v) is 5.17. The number of hydrogen-bond donors (Lipinski definition) is 2. The van der Waals surface area contributed by atoms with Gasteiger partial charge < -0.3 is 15.4 Å². The second-order valence-electron chi connectivity index (χ2n) is 5.89. The molecule has 1 heterocycles. The molecule has 0 radical (unpaired) electrons. The van der Waals surface area contributed by atoms with Crippen LogP contribution in [0.2, 0.25) is 5.02 Å². The number of ether oxygens (including phenoxy) is 1. The number of rotatable bonds is 5. The fraction of sp³-hybridized carbons (Fsp3) is 0.167. The van der Waals surface area contributed by atoms with E-state index >= 15 is 0 Å². The molecule has 150 valence electrons. The Bertz CT molecular complexity index is 1010. The highest BCUT2D eigenvalue weighted by Gasteiger charge is 2.30. The van der Waals surface area contributed by atoms with Crippen LogP contribution in [0.3, 0.4) is 0 Å². The number of methoxy groups -OCH3 is 1. The molecular weight excluding hydrogens is 420 g/mol. The summed E-state index contributed by atoms with van der Waals surface area (Å²) in [6.07, 6.45) is -0.0584. The van der Waals surface area contributed by atoms with E-state index in [4.69, 9.17) is 16.3 Å². The standard InChI is InChI=1S/C18H15ClN4O5S/c1-28-14-6-5-10(19)7-13(14)21-18-22-16(24)9-15(29-18)17(25)20-11-3-2-4-12(8-11)23(26)27/h2-8,15H,9H2,1H3,(H,20,25)(H,21,22,24). The zero-order valence-corrected chi connectivity index (χ0v) is 16.6. The van der Waals surface area contributed by atoms with Gasteiger partial charge in [-0.15, -0.1) is 0 Å². The van der Waals surface area contributed by atoms with Crippen molar-refractivity contribution < 1.29 is 19.2 Å². The van der Waals surface area contributed by atoms with Gasteiger partial charge in [-0.1, -0.05) is 29.4 Å². The van der Waals surface area contributed by atoms with Crippen LogP contribution in [0.15, 0.2) is 47.5 Å². The van der Waals surface area contributed by atoms with Gasteiger partial charge in [-0.05, 0) is 24.3 Å². The molecule has 1 aliphatic rings. The van der Waals surface area contributed by atoms with E-state index in [9.17, 15) is 19.7 Å². The molecule has 0 aromatic heterocycles. The lowest BCUT2D eigenvalue weighted by atomic mass is 10.2. The Morgan fingerprint density at radius 1 is 1.38 bits per heavy atom. The Morgan fingerprint density at radius 3 is 2.90 bits per heavy atom. The number of thioether (sulfide) groups is 1. The van der Waals surface area contributed by atoms with Crippen molar-refractivity contribution in [2.75, 3.05) is 12.4 Å². The third kappa shape index (κ3) is 5.24. The molecule has 0 aliphatic carbocycles. The predicted octanol–water partition coefficient (Wildman–Crippen LogP) is 3.50. The van der Waals surface area contributed by atoms with Gasteiger partial charge in [0, 0.05) is 29.3 Å². The summed E-state index contributed by atoms with van der Waals surface area (Å²) in [7, 11) is 1.48. The van der Waals surface area contributed by atoms with Gasteiger partial charge in [0.25, 0.3) is 5.69 Å². The minimum absolute atomic E-state index is 0.0584. The number of nitro groups is 1. The van der Waals surface area contributed by atoms with Gasteiger partial charge in [-0.2, -0.15) is 0 Å². The summed E-state index contributed by atoms with van der Waals surface area (Å²) >= 11 is 7.06. The van der Waals surface area contributed by atoms with E-state index in [1.807, 2.05) is 0 Å². The molecule has 11 heteroatoms. The molecule has 1 fully saturated rings. The van der Waals surface area contributed by atoms with Crippen LogP contribution in [0.1, 0.15) is 6.42 Å². The molecule has 2 N–H and O–H groups in total. The van der Waals surface area contributed by atoms with Crippen LogP contribution in [0.5, 0.6) is 5.75 Å². The van der Waals surface area contributed by atoms with Crippen LogP contribution in [0.4, 0.5) is 17.1 Å². The SMILES string of the molecule is COc1ccc(Cl)cc1N=C1NC(=O)CC(C(=O)Nc2cccc([N+](=O)[O-])c2)S1. The van der Waals surface area contributed by atoms with E-state index in [1.165, 1.54) is 31.4 Å². The molecule has 0 bridgehead atoms. The molecule has 2 aromatic carbocycles. The quantitative estimate of drug-likeness (QED) is 0.548. The van der Waals surface area contributed by atoms with E-state index in [1.54, 1.807) is 18.2 Å². The molecule has 2 amide bonds. The summed E-state index contributed by atoms with van der Waals surface area (Å²) in [5.41, 5.74) is 0.528. The number of benzene rings is 2. The summed E-state index contributed by atoms with van der Waals surface area (Å²) in [4.78, 5) is 39.3. The average molecular weight is 435 g/mol. The molecule has 2 aromatic rings. The number of halogens is 1. The van der Waals surface area contributed by atoms with Crippen molar-refractivity contribution in [2.24, 2.45) is 4.99 Å². The fourth-order valence-electron chi connectivity index (χ4n) is 2.52. The van der Waals surface area contributed by atoms with Crippen LogP contribution in [-0.4, -0.2) is 34.3 Å². The monoisotopic (exact) mass is 434 g/mol. The Labute approximate surface area is 174 Å². The summed E-state index contributed by atoms with van der Waals surface area (Å²) in [5.74, 6) is -0.376. The maximum atomic E-state index is 12.6. The largest absolute Gasteiger partial charge is 0.494 e. The molecule has 3 rings (SSSR count). The first-order valence-electron chi connectivity index (χ1n) is 8.30. The summed E-state index contributed by atoms with van der Waals surface area (Å²) in [6.45, 7) is 0. The highest BCUT2D eigenvalue weighted by atomic mass is 35.5. The van der Waals surface area contributed by atoms with Crippen molar-refractivity contribution in [1.82, 2.24) is 5.32 Å². The van der Waals surface area contributed by atoms with Gasteiger partial charge in [0.15, 0.2) is 5.17 Å². The molecule has 1 saturated heterocycles. The number of carbonyl (C=O) groups is 2. The first-order valence-corrected chi connectivity index (χ1v) is 9.55. The van der Waals surface area contributed by atoms with Crippen molar-refractivity contribution in [3.8, 4) is 5.75 Å². The van der Waals surface area contributed by atoms with Crippen LogP contribution in [0.25, 0.3) is 0 Å². The molecule has 9 nitrogen and oxygen atoms in total. The van der Waals surface area contributed by atoms with Crippen LogP contribution in [0, 0.1) is 10.1 Å². The van der Waals surface area contributed by atoms with Crippen molar-refractivity contribution in [3.05, 3.63) is 57.6 Å². The Kier molecular flexibility index (Phi) is 6.35. The third-order valence-electron chi connectivity index (χ3n) is 3.85. The summed E-state index contributed by atoms with van der Waals surface area (Å²) in [6, 6.07) is 10.4. The maximum absolute atomic E-state index is 12.6. The van der Waals surface area contributed by atoms with E-state index in [-0.39, 0.29) is 28.9 Å². The summed E-state index contributed by atoms with van der Waals surface area (Å²) in [5, 5.41) is 16.0. The van der Waals surface area contributed by atoms with E-state index in [0.29, 0.717) is 16.5 Å². The number of nitrogens with zero attached hydrogens (tertiary/aromatic N) is 2. The number of nitrogens with one attached hydrogen (secondary N) is 2. The van der Waals surface area contributed by atoms with Crippen molar-refractivity contribution >= 4 is 57.4 Å². The van der Waals surface area contributed by atoms with Crippen LogP contribution >= 0.6 is 23.4 Å². The lowest BCUT2D eigenvalue weighted by Gasteiger charge is -2.22. The van der Waals surface area contributed by atoms with Gasteiger partial charge in [0.05, 0.1) is 12.0 Å². The minimum Gasteiger partial charge on any atom is -0.494 e. The van der Waals surface area contributed by atoms with Crippen molar-refractivity contribution in [2.45, 2.75) is 11.7 Å². The number of hydrogen-bond acceptors (Lipinski definition) is 7. The van der Waals surface area contributed by atoms with E-state index in [0.717, 1.165) is 11.8 Å². The van der Waals surface area contributed by atoms with E-state index < -0.39 is 16.1 Å². The number of nitro benzene ring substituents is 1. The van der Waals surface area contributed by atoms with Crippen LogP contribution < -0.4 is 15.4 Å². The first-order chi connectivity index (χ1) is 13.9. The highest BCUT2D eigenvalue weighted by Crippen LogP contribution is 2.33. The minimum atomic E-state index is -0.757. The number of non-ortho nitro benzene ring substituents is 1. The topological polar surface area (TPSA) is 123 Å². The molecule has 1 aliphatic heterocycles. The molecule has 1 unspecified atom stereocenters. The van der Waals surface area contributed by atoms with Crippen LogP contribution in [-0.2, 0) is 9.59 Å². The van der Waals surface area contributed by atoms with Gasteiger partial charge >= 0.3 is 0 Å². The highest BCUT2D eigenvalue weighted by molar-refractivity contribution is 8.15. The number of aliphatic imine (C=N–C) groups is 1. The van der Waals surface area contributed by atoms with Gasteiger partial charge in [0.1, 0.15) is 16.7 Å². The maximum Gasteiger partial charge on any atom is 0.271 e. The predicted molar refractivity (Wildman–Crippen MR) is 111 cm³/mol. The van der Waals surface area contributed by atoms with Gasteiger partial charge in [-0.3, -0.25) is 19.7 Å². The number of amides is 2.